The number of para-hydroxylation sites is 1. The average Bonchev–Trinajstić information content (AvgIpc) is 3.02. The molecule has 1 aromatic heterocycles. The molecule has 21 heavy (non-hydrogen) atoms. The van der Waals surface area contributed by atoms with Crippen LogP contribution in [0.4, 0.5) is 5.69 Å². The van der Waals surface area contributed by atoms with Crippen molar-refractivity contribution in [3.05, 3.63) is 46.8 Å². The van der Waals surface area contributed by atoms with E-state index in [0.29, 0.717) is 12.1 Å². The second kappa shape index (κ2) is 4.85. The van der Waals surface area contributed by atoms with Crippen molar-refractivity contribution in [2.45, 2.75) is 23.6 Å². The van der Waals surface area contributed by atoms with Crippen molar-refractivity contribution in [3.63, 3.8) is 0 Å². The SMILES string of the molecule is CC1Cc2ccccc2N1S(=O)(=O)c1ccc(C(=O)O)s1. The zero-order chi connectivity index (χ0) is 15.2. The first-order valence-electron chi connectivity index (χ1n) is 6.37. The molecular formula is C14H13NO4S2. The van der Waals surface area contributed by atoms with E-state index in [1.165, 1.54) is 16.4 Å². The molecule has 1 atom stereocenters. The lowest BCUT2D eigenvalue weighted by molar-refractivity contribution is 0.0702. The topological polar surface area (TPSA) is 74.7 Å². The van der Waals surface area contributed by atoms with E-state index in [2.05, 4.69) is 0 Å². The van der Waals surface area contributed by atoms with Crippen molar-refractivity contribution < 1.29 is 18.3 Å². The van der Waals surface area contributed by atoms with Crippen LogP contribution >= 0.6 is 11.3 Å². The molecule has 1 aliphatic heterocycles. The van der Waals surface area contributed by atoms with Gasteiger partial charge in [0.05, 0.1) is 5.69 Å². The van der Waals surface area contributed by atoms with Crippen LogP contribution in [0.25, 0.3) is 0 Å². The predicted molar refractivity (Wildman–Crippen MR) is 80.6 cm³/mol. The molecule has 2 heterocycles. The summed E-state index contributed by atoms with van der Waals surface area (Å²) in [6.45, 7) is 1.85. The number of carbonyl (C=O) groups is 1. The van der Waals surface area contributed by atoms with Gasteiger partial charge in [-0.2, -0.15) is 0 Å². The zero-order valence-electron chi connectivity index (χ0n) is 11.2. The Morgan fingerprint density at radius 1 is 1.29 bits per heavy atom. The van der Waals surface area contributed by atoms with Crippen LogP contribution in [0.2, 0.25) is 0 Å². The summed E-state index contributed by atoms with van der Waals surface area (Å²) in [5.41, 5.74) is 1.67. The van der Waals surface area contributed by atoms with Crippen molar-refractivity contribution in [2.75, 3.05) is 4.31 Å². The fourth-order valence-electron chi connectivity index (χ4n) is 2.57. The molecule has 3 rings (SSSR count). The number of benzene rings is 1. The molecule has 0 amide bonds. The summed E-state index contributed by atoms with van der Waals surface area (Å²) in [7, 11) is -3.73. The first kappa shape index (κ1) is 14.1. The standard InChI is InChI=1S/C14H13NO4S2/c1-9-8-10-4-2-3-5-11(10)15(9)21(18,19)13-7-6-12(20-13)14(16)17/h2-7,9H,8H2,1H3,(H,16,17). The molecule has 5 nitrogen and oxygen atoms in total. The molecule has 1 aliphatic rings. The van der Waals surface area contributed by atoms with Gasteiger partial charge in [0.1, 0.15) is 9.09 Å². The fraction of sp³-hybridized carbons (Fsp3) is 0.214. The Morgan fingerprint density at radius 2 is 2.00 bits per heavy atom. The van der Waals surface area contributed by atoms with Gasteiger partial charge >= 0.3 is 5.97 Å². The summed E-state index contributed by atoms with van der Waals surface area (Å²) in [6, 6.07) is 9.89. The number of rotatable bonds is 3. The minimum atomic E-state index is -3.73. The van der Waals surface area contributed by atoms with Crippen LogP contribution in [0, 0.1) is 0 Å². The monoisotopic (exact) mass is 323 g/mol. The number of carboxylic acids is 1. The third-order valence-corrected chi connectivity index (χ3v) is 6.92. The number of fused-ring (bicyclic) bond motifs is 1. The van der Waals surface area contributed by atoms with E-state index in [0.717, 1.165) is 16.9 Å². The van der Waals surface area contributed by atoms with Gasteiger partial charge in [-0.15, -0.1) is 11.3 Å². The Kier molecular flexibility index (Phi) is 3.26. The van der Waals surface area contributed by atoms with Crippen LogP contribution in [0.3, 0.4) is 0 Å². The molecule has 1 aromatic carbocycles. The van der Waals surface area contributed by atoms with Crippen molar-refractivity contribution in [3.8, 4) is 0 Å². The molecule has 0 fully saturated rings. The number of thiophene rings is 1. The zero-order valence-corrected chi connectivity index (χ0v) is 12.8. The van der Waals surface area contributed by atoms with Crippen LogP contribution in [-0.2, 0) is 16.4 Å². The second-order valence-electron chi connectivity index (χ2n) is 4.91. The van der Waals surface area contributed by atoms with Gasteiger partial charge in [-0.3, -0.25) is 4.31 Å². The van der Waals surface area contributed by atoms with E-state index >= 15 is 0 Å². The maximum atomic E-state index is 12.8. The predicted octanol–water partition coefficient (Wildman–Crippen LogP) is 2.59. The maximum Gasteiger partial charge on any atom is 0.345 e. The minimum absolute atomic E-state index is 0.0220. The number of anilines is 1. The molecule has 110 valence electrons. The minimum Gasteiger partial charge on any atom is -0.477 e. The molecule has 1 N–H and O–H groups in total. The van der Waals surface area contributed by atoms with Gasteiger partial charge in [0.2, 0.25) is 0 Å². The third-order valence-electron chi connectivity index (χ3n) is 3.45. The Hall–Kier alpha value is -1.86. The summed E-state index contributed by atoms with van der Waals surface area (Å²) in [5, 5.41) is 8.94. The summed E-state index contributed by atoms with van der Waals surface area (Å²) in [4.78, 5) is 10.9. The molecule has 1 unspecified atom stereocenters. The highest BCUT2D eigenvalue weighted by Gasteiger charge is 2.36. The van der Waals surface area contributed by atoms with Gasteiger partial charge in [-0.25, -0.2) is 13.2 Å². The molecule has 0 saturated carbocycles. The maximum absolute atomic E-state index is 12.8. The van der Waals surface area contributed by atoms with Crippen molar-refractivity contribution in [1.82, 2.24) is 0 Å². The molecular weight excluding hydrogens is 310 g/mol. The summed E-state index contributed by atoms with van der Waals surface area (Å²) >= 11 is 0.782. The quantitative estimate of drug-likeness (QED) is 0.942. The highest BCUT2D eigenvalue weighted by Crippen LogP contribution is 2.37. The summed E-state index contributed by atoms with van der Waals surface area (Å²) < 4.78 is 27.0. The highest BCUT2D eigenvalue weighted by atomic mass is 32.2. The van der Waals surface area contributed by atoms with Gasteiger partial charge in [0.15, 0.2) is 0 Å². The van der Waals surface area contributed by atoms with E-state index < -0.39 is 16.0 Å². The van der Waals surface area contributed by atoms with E-state index in [1.54, 1.807) is 12.1 Å². The van der Waals surface area contributed by atoms with E-state index in [4.69, 9.17) is 5.11 Å². The first-order valence-corrected chi connectivity index (χ1v) is 8.62. The lowest BCUT2D eigenvalue weighted by Gasteiger charge is -2.23. The highest BCUT2D eigenvalue weighted by molar-refractivity contribution is 7.94. The van der Waals surface area contributed by atoms with Crippen molar-refractivity contribution in [2.24, 2.45) is 0 Å². The largest absolute Gasteiger partial charge is 0.477 e. The Balaban J connectivity index is 2.08. The number of hydrogen-bond acceptors (Lipinski definition) is 4. The van der Waals surface area contributed by atoms with Crippen molar-refractivity contribution >= 4 is 33.0 Å². The van der Waals surface area contributed by atoms with E-state index in [9.17, 15) is 13.2 Å². The van der Waals surface area contributed by atoms with Gasteiger partial charge in [0, 0.05) is 6.04 Å². The van der Waals surface area contributed by atoms with E-state index in [-0.39, 0.29) is 15.1 Å². The molecule has 0 spiro atoms. The van der Waals surface area contributed by atoms with E-state index in [1.807, 2.05) is 19.1 Å². The average molecular weight is 323 g/mol. The van der Waals surface area contributed by atoms with Crippen LogP contribution in [0.15, 0.2) is 40.6 Å². The first-order chi connectivity index (χ1) is 9.91. The number of sulfonamides is 1. The Labute approximate surface area is 126 Å². The molecule has 0 aliphatic carbocycles. The van der Waals surface area contributed by atoms with Crippen LogP contribution < -0.4 is 4.31 Å². The summed E-state index contributed by atoms with van der Waals surface area (Å²) in [5.74, 6) is -1.11. The molecule has 2 aromatic rings. The third kappa shape index (κ3) is 2.22. The van der Waals surface area contributed by atoms with Gasteiger partial charge in [-0.1, -0.05) is 18.2 Å². The van der Waals surface area contributed by atoms with Gasteiger partial charge in [-0.05, 0) is 37.1 Å². The fourth-order valence-corrected chi connectivity index (χ4v) is 5.50. The number of hydrogen-bond donors (Lipinski definition) is 1. The van der Waals surface area contributed by atoms with Crippen LogP contribution in [0.5, 0.6) is 0 Å². The van der Waals surface area contributed by atoms with Crippen LogP contribution in [0.1, 0.15) is 22.2 Å². The smallest absolute Gasteiger partial charge is 0.345 e. The molecule has 0 saturated heterocycles. The normalized spacial score (nSPS) is 17.8. The molecule has 7 heteroatoms. The molecule has 0 bridgehead atoms. The Morgan fingerprint density at radius 3 is 2.67 bits per heavy atom. The number of carboxylic acid groups (broad SMARTS) is 1. The second-order valence-corrected chi connectivity index (χ2v) is 8.03. The van der Waals surface area contributed by atoms with Crippen molar-refractivity contribution in [1.29, 1.82) is 0 Å². The van der Waals surface area contributed by atoms with Gasteiger partial charge < -0.3 is 5.11 Å². The molecule has 0 radical (unpaired) electrons. The van der Waals surface area contributed by atoms with Crippen LogP contribution in [-0.4, -0.2) is 25.5 Å². The lowest BCUT2D eigenvalue weighted by Crippen LogP contribution is -2.35. The summed E-state index contributed by atoms with van der Waals surface area (Å²) in [6.07, 6.45) is 0.659. The number of aromatic carboxylic acids is 1. The lowest BCUT2D eigenvalue weighted by atomic mass is 10.1. The van der Waals surface area contributed by atoms with Gasteiger partial charge in [0.25, 0.3) is 10.0 Å². The number of nitrogens with zero attached hydrogens (tertiary/aromatic N) is 1. The Bertz CT molecular complexity index is 810.